The Bertz CT molecular complexity index is 976. The van der Waals surface area contributed by atoms with Gasteiger partial charge in [-0.25, -0.2) is 0 Å². The van der Waals surface area contributed by atoms with Gasteiger partial charge in [-0.15, -0.1) is 0 Å². The van der Waals surface area contributed by atoms with E-state index >= 15 is 0 Å². The Morgan fingerprint density at radius 2 is 1.78 bits per heavy atom. The molecule has 3 rings (SSSR count). The van der Waals surface area contributed by atoms with Crippen molar-refractivity contribution in [1.82, 2.24) is 10.2 Å². The van der Waals surface area contributed by atoms with Crippen LogP contribution in [0.2, 0.25) is 0 Å². The van der Waals surface area contributed by atoms with Gasteiger partial charge in [0.15, 0.2) is 0 Å². The first-order valence-corrected chi connectivity index (χ1v) is 17.1. The maximum Gasteiger partial charge on any atom is 0.325 e. The summed E-state index contributed by atoms with van der Waals surface area (Å²) in [6.07, 6.45) is 4.92. The first-order valence-electron chi connectivity index (χ1n) is 14.5. The molecule has 2 fully saturated rings. The predicted octanol–water partition coefficient (Wildman–Crippen LogP) is 3.24. The second-order valence-electron chi connectivity index (χ2n) is 12.3. The molecule has 0 aromatic rings. The average molecular weight is 619 g/mol. The summed E-state index contributed by atoms with van der Waals surface area (Å²) in [5.74, 6) is -0.333. The van der Waals surface area contributed by atoms with E-state index in [1.54, 1.807) is 27.9 Å². The fourth-order valence-electron chi connectivity index (χ4n) is 5.53. The largest absolute Gasteiger partial charge is 0.376 e. The third kappa shape index (κ3) is 10.5. The second-order valence-corrected chi connectivity index (χ2v) is 15.0. The monoisotopic (exact) mass is 618 g/mol. The molecule has 0 radical (unpaired) electrons. The van der Waals surface area contributed by atoms with Crippen LogP contribution in [0.5, 0.6) is 0 Å². The van der Waals surface area contributed by atoms with Gasteiger partial charge in [0.1, 0.15) is 18.3 Å². The summed E-state index contributed by atoms with van der Waals surface area (Å²) in [7, 11) is 1.57. The van der Waals surface area contributed by atoms with Gasteiger partial charge in [0.25, 0.3) is 11.8 Å². The van der Waals surface area contributed by atoms with Gasteiger partial charge in [0.2, 0.25) is 5.91 Å². The topological polar surface area (TPSA) is 133 Å². The number of carbonyl (C=O) groups excluding carboxylic acids is 3. The van der Waals surface area contributed by atoms with Crippen LogP contribution in [0.1, 0.15) is 73.1 Å². The number of carbonyl (C=O) groups is 3. The van der Waals surface area contributed by atoms with Crippen molar-refractivity contribution >= 4 is 36.2 Å². The van der Waals surface area contributed by atoms with Crippen molar-refractivity contribution in [2.45, 2.75) is 109 Å². The average Bonchev–Trinajstić information content (AvgIpc) is 3.37. The molecule has 2 heterocycles. The first-order chi connectivity index (χ1) is 19.2. The highest BCUT2D eigenvalue weighted by molar-refractivity contribution is 8.07. The number of nitrogens with zero attached hydrogens (tertiary/aromatic N) is 1. The molecule has 234 valence electrons. The van der Waals surface area contributed by atoms with Gasteiger partial charge in [-0.1, -0.05) is 0 Å². The summed E-state index contributed by atoms with van der Waals surface area (Å²) in [4.78, 5) is 48.5. The third-order valence-electron chi connectivity index (χ3n) is 7.44. The van der Waals surface area contributed by atoms with Gasteiger partial charge in [0, 0.05) is 38.3 Å². The molecule has 0 aromatic heterocycles. The van der Waals surface area contributed by atoms with E-state index < -0.39 is 30.6 Å². The minimum absolute atomic E-state index is 0.0187. The van der Waals surface area contributed by atoms with Crippen LogP contribution in [0.25, 0.3) is 0 Å². The summed E-state index contributed by atoms with van der Waals surface area (Å²) in [5.41, 5.74) is -0.684. The zero-order chi connectivity index (χ0) is 30.4. The third-order valence-corrected chi connectivity index (χ3v) is 9.21. The lowest BCUT2D eigenvalue weighted by Gasteiger charge is -2.31. The van der Waals surface area contributed by atoms with Crippen LogP contribution in [-0.4, -0.2) is 90.4 Å². The molecule has 3 amide bonds. The molecule has 11 nitrogen and oxygen atoms in total. The molecule has 0 bridgehead atoms. The molecule has 0 spiro atoms. The highest BCUT2D eigenvalue weighted by Crippen LogP contribution is 2.51. The number of ether oxygens (including phenoxy) is 3. The number of rotatable bonds is 14. The predicted molar refractivity (Wildman–Crippen MR) is 156 cm³/mol. The Morgan fingerprint density at radius 3 is 2.34 bits per heavy atom. The summed E-state index contributed by atoms with van der Waals surface area (Å²) in [5, 5.41) is 3.05. The fraction of sp³-hybridized carbons (Fsp3) is 0.821. The van der Waals surface area contributed by atoms with Gasteiger partial charge in [-0.05, 0) is 90.9 Å². The second kappa shape index (κ2) is 15.0. The van der Waals surface area contributed by atoms with E-state index in [0.717, 1.165) is 25.7 Å². The van der Waals surface area contributed by atoms with E-state index in [0.29, 0.717) is 25.9 Å². The molecule has 1 aliphatic carbocycles. The Balaban J connectivity index is 1.46. The van der Waals surface area contributed by atoms with Crippen LogP contribution >= 0.6 is 6.72 Å². The molecule has 1 saturated heterocycles. The molecule has 3 aliphatic rings. The van der Waals surface area contributed by atoms with Gasteiger partial charge in [-0.3, -0.25) is 23.8 Å². The maximum absolute atomic E-state index is 12.8. The van der Waals surface area contributed by atoms with Gasteiger partial charge < -0.3 is 28.9 Å². The molecule has 2 aliphatic heterocycles. The molecular formula is C28H47N2O9PS. The normalized spacial score (nSPS) is 30.3. The molecule has 2 N–H and O–H groups in total. The lowest BCUT2D eigenvalue weighted by atomic mass is 9.81. The number of hydrogen-bond donors (Lipinski definition) is 2. The minimum atomic E-state index is -3.58. The Kier molecular flexibility index (Phi) is 12.5. The SMILES string of the molecule is CO[C@H]1C(OP(O)(=S)OC(C)(C)C)[C@@H](COC(C)C)O[C@H]1CCCNC(=O)C1CCC(CN2C(=O)C=CC2=O)CC1. The number of hydrogen-bond acceptors (Lipinski definition) is 9. The molecule has 2 unspecified atom stereocenters. The summed E-state index contributed by atoms with van der Waals surface area (Å²) < 4.78 is 29.4. The lowest BCUT2D eigenvalue weighted by Crippen LogP contribution is -2.39. The molecule has 5 atom stereocenters. The van der Waals surface area contributed by atoms with E-state index in [-0.39, 0.29) is 48.4 Å². The van der Waals surface area contributed by atoms with Crippen LogP contribution in [0.4, 0.5) is 0 Å². The van der Waals surface area contributed by atoms with Crippen LogP contribution < -0.4 is 5.32 Å². The van der Waals surface area contributed by atoms with Crippen LogP contribution in [-0.2, 0) is 49.4 Å². The van der Waals surface area contributed by atoms with E-state index in [9.17, 15) is 19.3 Å². The molecule has 1 saturated carbocycles. The Morgan fingerprint density at radius 1 is 1.15 bits per heavy atom. The first kappa shape index (κ1) is 34.3. The highest BCUT2D eigenvalue weighted by atomic mass is 32.5. The highest BCUT2D eigenvalue weighted by Gasteiger charge is 2.48. The van der Waals surface area contributed by atoms with E-state index in [1.807, 2.05) is 13.8 Å². The van der Waals surface area contributed by atoms with Crippen molar-refractivity contribution in [1.29, 1.82) is 0 Å². The minimum Gasteiger partial charge on any atom is -0.376 e. The van der Waals surface area contributed by atoms with Gasteiger partial charge in [-0.2, -0.15) is 0 Å². The van der Waals surface area contributed by atoms with Gasteiger partial charge >= 0.3 is 6.72 Å². The van der Waals surface area contributed by atoms with Crippen molar-refractivity contribution < 1.29 is 42.5 Å². The van der Waals surface area contributed by atoms with Crippen LogP contribution in [0.15, 0.2) is 12.2 Å². The van der Waals surface area contributed by atoms with E-state index in [1.165, 1.54) is 17.1 Å². The number of amides is 3. The van der Waals surface area contributed by atoms with E-state index in [2.05, 4.69) is 5.32 Å². The molecular weight excluding hydrogens is 571 g/mol. The smallest absolute Gasteiger partial charge is 0.325 e. The lowest BCUT2D eigenvalue weighted by molar-refractivity contribution is -0.138. The number of imide groups is 1. The van der Waals surface area contributed by atoms with Crippen molar-refractivity contribution in [3.63, 3.8) is 0 Å². The van der Waals surface area contributed by atoms with Crippen LogP contribution in [0.3, 0.4) is 0 Å². The summed E-state index contributed by atoms with van der Waals surface area (Å²) in [6.45, 7) is 6.82. The summed E-state index contributed by atoms with van der Waals surface area (Å²) >= 11 is 5.29. The van der Waals surface area contributed by atoms with Crippen molar-refractivity contribution in [2.24, 2.45) is 11.8 Å². The van der Waals surface area contributed by atoms with E-state index in [4.69, 9.17) is 35.1 Å². The van der Waals surface area contributed by atoms with Gasteiger partial charge in [0.05, 0.1) is 24.4 Å². The molecule has 0 aromatic carbocycles. The number of nitrogens with one attached hydrogen (secondary N) is 1. The standard InChI is InChI=1S/C28H47N2O9PS/c1-18(2)36-17-22-26(38-40(34,41)39-28(3,4)5)25(35-6)21(37-22)8-7-15-29-27(33)20-11-9-19(10-12-20)16-30-23(31)13-14-24(30)32/h13-14,18-22,25-26H,7-12,15-17H2,1-6H3,(H,29,33)(H,34,41)/t19?,20?,21-,22+,25+,26?,40?/m0/s1. The summed E-state index contributed by atoms with van der Waals surface area (Å²) in [6, 6.07) is 0. The molecule has 13 heteroatoms. The quantitative estimate of drug-likeness (QED) is 0.170. The number of methoxy groups -OCH3 is 1. The van der Waals surface area contributed by atoms with Crippen LogP contribution in [0, 0.1) is 11.8 Å². The zero-order valence-electron chi connectivity index (χ0n) is 25.1. The fourth-order valence-corrected chi connectivity index (χ4v) is 7.79. The Hall–Kier alpha value is -1.24. The van der Waals surface area contributed by atoms with Crippen molar-refractivity contribution in [3.8, 4) is 0 Å². The maximum atomic E-state index is 12.8. The Labute approximate surface area is 248 Å². The van der Waals surface area contributed by atoms with Crippen molar-refractivity contribution in [2.75, 3.05) is 26.8 Å². The molecule has 41 heavy (non-hydrogen) atoms. The van der Waals surface area contributed by atoms with Crippen molar-refractivity contribution in [3.05, 3.63) is 12.2 Å². The zero-order valence-corrected chi connectivity index (χ0v) is 26.8.